The molecule has 2 atom stereocenters. The molecule has 1 amide bonds. The third kappa shape index (κ3) is 3.97. The molecule has 0 unspecified atom stereocenters. The number of carboxylic acids is 1. The molecule has 2 aromatic carbocycles. The minimum Gasteiger partial charge on any atom is -0.481 e. The average Bonchev–Trinajstić information content (AvgIpc) is 3.04. The Morgan fingerprint density at radius 1 is 1.13 bits per heavy atom. The van der Waals surface area contributed by atoms with Crippen LogP contribution >= 0.6 is 0 Å². The standard InChI is InChI=1S/C23H27NO6/c1-22(2,3)30-21(28)24-12-18(23(4,13-24)20(26)27)16-10-14-8-6-7-9-15(14)11-17(16)19(25)29-5/h6-11,18H,12-13H2,1-5H3,(H,26,27)/t18-,23+/m1/s1. The molecule has 0 aromatic heterocycles. The summed E-state index contributed by atoms with van der Waals surface area (Å²) in [5.74, 6) is -2.19. The SMILES string of the molecule is COC(=O)c1cc2ccccc2cc1[C@H]1CN(C(=O)OC(C)(C)C)C[C@]1(C)C(=O)O. The molecular formula is C23H27NO6. The fraction of sp³-hybridized carbons (Fsp3) is 0.435. The maximum absolute atomic E-state index is 12.7. The maximum atomic E-state index is 12.7. The molecule has 1 heterocycles. The summed E-state index contributed by atoms with van der Waals surface area (Å²) in [5, 5.41) is 11.8. The van der Waals surface area contributed by atoms with Gasteiger partial charge in [0.25, 0.3) is 0 Å². The van der Waals surface area contributed by atoms with E-state index in [0.29, 0.717) is 11.1 Å². The van der Waals surface area contributed by atoms with Crippen LogP contribution in [0.4, 0.5) is 4.79 Å². The van der Waals surface area contributed by atoms with Gasteiger partial charge in [-0.1, -0.05) is 24.3 Å². The van der Waals surface area contributed by atoms with Crippen molar-refractivity contribution in [2.75, 3.05) is 20.2 Å². The van der Waals surface area contributed by atoms with Crippen LogP contribution in [0.3, 0.4) is 0 Å². The number of rotatable bonds is 3. The molecule has 30 heavy (non-hydrogen) atoms. The highest BCUT2D eigenvalue weighted by Crippen LogP contribution is 2.45. The van der Waals surface area contributed by atoms with E-state index in [9.17, 15) is 19.5 Å². The summed E-state index contributed by atoms with van der Waals surface area (Å²) in [6.45, 7) is 6.98. The number of carbonyl (C=O) groups is 3. The fourth-order valence-corrected chi connectivity index (χ4v) is 3.95. The summed E-state index contributed by atoms with van der Waals surface area (Å²) in [7, 11) is 1.29. The second-order valence-corrected chi connectivity index (χ2v) is 8.91. The number of fused-ring (bicyclic) bond motifs is 1. The van der Waals surface area contributed by atoms with Crippen molar-refractivity contribution in [2.24, 2.45) is 5.41 Å². The molecule has 1 fully saturated rings. The molecule has 1 aliphatic heterocycles. The van der Waals surface area contributed by atoms with Gasteiger partial charge in [0.15, 0.2) is 0 Å². The molecule has 0 bridgehead atoms. The highest BCUT2D eigenvalue weighted by Gasteiger charge is 2.52. The van der Waals surface area contributed by atoms with Crippen LogP contribution in [0, 0.1) is 5.41 Å². The van der Waals surface area contributed by atoms with Gasteiger partial charge in [0.05, 0.1) is 18.1 Å². The van der Waals surface area contributed by atoms with Gasteiger partial charge in [0.2, 0.25) is 0 Å². The minimum atomic E-state index is -1.29. The molecule has 1 N–H and O–H groups in total. The Hall–Kier alpha value is -3.09. The molecule has 0 saturated carbocycles. The first kappa shape index (κ1) is 21.6. The van der Waals surface area contributed by atoms with Crippen LogP contribution in [-0.4, -0.2) is 53.8 Å². The summed E-state index contributed by atoms with van der Waals surface area (Å²) in [4.78, 5) is 38.9. The number of benzene rings is 2. The second-order valence-electron chi connectivity index (χ2n) is 8.91. The molecule has 1 saturated heterocycles. The van der Waals surface area contributed by atoms with E-state index in [0.717, 1.165) is 10.8 Å². The first-order valence-corrected chi connectivity index (χ1v) is 9.78. The highest BCUT2D eigenvalue weighted by atomic mass is 16.6. The summed E-state index contributed by atoms with van der Waals surface area (Å²) < 4.78 is 10.4. The zero-order valence-electron chi connectivity index (χ0n) is 17.9. The van der Waals surface area contributed by atoms with Crippen molar-refractivity contribution >= 4 is 28.8 Å². The molecule has 7 heteroatoms. The number of carbonyl (C=O) groups excluding carboxylic acids is 2. The summed E-state index contributed by atoms with van der Waals surface area (Å²) in [6, 6.07) is 11.1. The normalized spacial score (nSPS) is 21.5. The molecule has 0 aliphatic carbocycles. The molecule has 0 spiro atoms. The number of hydrogen-bond donors (Lipinski definition) is 1. The average molecular weight is 413 g/mol. The first-order valence-electron chi connectivity index (χ1n) is 9.78. The molecule has 1 aliphatic rings. The zero-order valence-corrected chi connectivity index (χ0v) is 17.9. The molecular weight excluding hydrogens is 386 g/mol. The molecule has 2 aromatic rings. The lowest BCUT2D eigenvalue weighted by Gasteiger charge is -2.27. The lowest BCUT2D eigenvalue weighted by Crippen LogP contribution is -2.38. The van der Waals surface area contributed by atoms with Crippen LogP contribution in [0.1, 0.15) is 49.5 Å². The Bertz CT molecular complexity index is 1010. The van der Waals surface area contributed by atoms with Crippen molar-refractivity contribution in [1.82, 2.24) is 4.90 Å². The van der Waals surface area contributed by atoms with Crippen molar-refractivity contribution in [3.8, 4) is 0 Å². The van der Waals surface area contributed by atoms with Crippen molar-refractivity contribution in [2.45, 2.75) is 39.2 Å². The Balaban J connectivity index is 2.11. The third-order valence-corrected chi connectivity index (χ3v) is 5.53. The number of carboxylic acid groups (broad SMARTS) is 1. The first-order chi connectivity index (χ1) is 14.0. The van der Waals surface area contributed by atoms with Gasteiger partial charge in [-0.05, 0) is 56.2 Å². The van der Waals surface area contributed by atoms with Crippen molar-refractivity contribution < 1.29 is 29.0 Å². The highest BCUT2D eigenvalue weighted by molar-refractivity contribution is 5.98. The number of hydrogen-bond acceptors (Lipinski definition) is 5. The number of ether oxygens (including phenoxy) is 2. The molecule has 7 nitrogen and oxygen atoms in total. The molecule has 160 valence electrons. The molecule has 3 rings (SSSR count). The summed E-state index contributed by atoms with van der Waals surface area (Å²) in [5.41, 5.74) is -1.13. The Morgan fingerprint density at radius 2 is 1.73 bits per heavy atom. The van der Waals surface area contributed by atoms with E-state index in [1.165, 1.54) is 12.0 Å². The van der Waals surface area contributed by atoms with Crippen molar-refractivity contribution in [1.29, 1.82) is 0 Å². The van der Waals surface area contributed by atoms with Crippen LogP contribution in [0.15, 0.2) is 36.4 Å². The Kier molecular flexibility index (Phi) is 5.50. The van der Waals surface area contributed by atoms with Crippen LogP contribution in [0.5, 0.6) is 0 Å². The van der Waals surface area contributed by atoms with Crippen LogP contribution in [0.2, 0.25) is 0 Å². The lowest BCUT2D eigenvalue weighted by molar-refractivity contribution is -0.147. The number of nitrogens with zero attached hydrogens (tertiary/aromatic N) is 1. The predicted octanol–water partition coefficient (Wildman–Crippen LogP) is 4.05. The third-order valence-electron chi connectivity index (χ3n) is 5.53. The number of methoxy groups -OCH3 is 1. The van der Waals surface area contributed by atoms with Gasteiger partial charge < -0.3 is 19.5 Å². The van der Waals surface area contributed by atoms with Crippen LogP contribution in [-0.2, 0) is 14.3 Å². The smallest absolute Gasteiger partial charge is 0.410 e. The topological polar surface area (TPSA) is 93.1 Å². The van der Waals surface area contributed by atoms with Crippen molar-refractivity contribution in [3.63, 3.8) is 0 Å². The number of amides is 1. The van der Waals surface area contributed by atoms with Gasteiger partial charge in [0, 0.05) is 19.0 Å². The quantitative estimate of drug-likeness (QED) is 0.763. The maximum Gasteiger partial charge on any atom is 0.410 e. The van der Waals surface area contributed by atoms with E-state index in [2.05, 4.69) is 0 Å². The monoisotopic (exact) mass is 413 g/mol. The predicted molar refractivity (Wildman–Crippen MR) is 112 cm³/mol. The largest absolute Gasteiger partial charge is 0.481 e. The zero-order chi connectivity index (χ0) is 22.3. The van der Waals surface area contributed by atoms with E-state index in [1.807, 2.05) is 30.3 Å². The van der Waals surface area contributed by atoms with Gasteiger partial charge in [-0.15, -0.1) is 0 Å². The van der Waals surface area contributed by atoms with E-state index < -0.39 is 35.0 Å². The van der Waals surface area contributed by atoms with Gasteiger partial charge in [-0.2, -0.15) is 0 Å². The van der Waals surface area contributed by atoms with E-state index >= 15 is 0 Å². The van der Waals surface area contributed by atoms with Gasteiger partial charge in [0.1, 0.15) is 5.60 Å². The van der Waals surface area contributed by atoms with E-state index in [-0.39, 0.29) is 13.1 Å². The van der Waals surface area contributed by atoms with E-state index in [1.54, 1.807) is 33.8 Å². The lowest BCUT2D eigenvalue weighted by atomic mass is 9.74. The minimum absolute atomic E-state index is 0.0185. The number of aliphatic carboxylic acids is 1. The van der Waals surface area contributed by atoms with Gasteiger partial charge >= 0.3 is 18.0 Å². The number of esters is 1. The van der Waals surface area contributed by atoms with Crippen LogP contribution < -0.4 is 0 Å². The summed E-state index contributed by atoms with van der Waals surface area (Å²) in [6.07, 6.45) is -0.571. The Labute approximate surface area is 175 Å². The number of likely N-dealkylation sites (tertiary alicyclic amines) is 1. The molecule has 0 radical (unpaired) electrons. The van der Waals surface area contributed by atoms with Gasteiger partial charge in [-0.25, -0.2) is 9.59 Å². The fourth-order valence-electron chi connectivity index (χ4n) is 3.95. The van der Waals surface area contributed by atoms with E-state index in [4.69, 9.17) is 9.47 Å². The Morgan fingerprint density at radius 3 is 2.27 bits per heavy atom. The van der Waals surface area contributed by atoms with Crippen LogP contribution in [0.25, 0.3) is 10.8 Å². The second kappa shape index (κ2) is 7.63. The summed E-state index contributed by atoms with van der Waals surface area (Å²) >= 11 is 0. The van der Waals surface area contributed by atoms with Gasteiger partial charge in [-0.3, -0.25) is 4.79 Å². The van der Waals surface area contributed by atoms with Crippen molar-refractivity contribution in [3.05, 3.63) is 47.5 Å².